The van der Waals surface area contributed by atoms with Crippen LogP contribution in [0.1, 0.15) is 23.4 Å². The SMILES string of the molecule is C=C(N=NN(C)c1ccc2[nH]nc(-c3ccc4nc(C)sc4c3)c2c1)[C@@H]1CCCN(Cc2c(F)cccc2F)C1. The maximum Gasteiger partial charge on any atom is 0.130 e. The molecule has 0 amide bonds. The molecule has 1 N–H and O–H groups in total. The number of benzene rings is 3. The van der Waals surface area contributed by atoms with E-state index in [1.807, 2.05) is 44.3 Å². The van der Waals surface area contributed by atoms with Crippen molar-refractivity contribution in [2.24, 2.45) is 16.3 Å². The number of hydrogen-bond donors (Lipinski definition) is 1. The third-order valence-electron chi connectivity index (χ3n) is 7.42. The zero-order chi connectivity index (χ0) is 27.8. The van der Waals surface area contributed by atoms with E-state index in [1.165, 1.54) is 18.2 Å². The summed E-state index contributed by atoms with van der Waals surface area (Å²) in [6.07, 6.45) is 1.81. The highest BCUT2D eigenvalue weighted by Crippen LogP contribution is 2.33. The molecule has 10 heteroatoms. The molecule has 5 aromatic rings. The Labute approximate surface area is 234 Å². The standard InChI is InChI=1S/C30H29F2N7S/c1-18(21-6-5-13-39(16-21)17-24-25(31)7-4-8-26(24)32)34-37-38(3)22-10-12-27-23(15-22)30(36-35-27)20-9-11-28-29(14-20)40-19(2)33-28/h4,7-12,14-15,21H,1,5-6,13,16-17H2,2-3H3,(H,35,36)/t21-/m1/s1. The first-order valence-corrected chi connectivity index (χ1v) is 14.0. The van der Waals surface area contributed by atoms with Crippen molar-refractivity contribution in [1.29, 1.82) is 0 Å². The maximum absolute atomic E-state index is 14.2. The normalized spacial score (nSPS) is 16.4. The van der Waals surface area contributed by atoms with Crippen molar-refractivity contribution in [3.63, 3.8) is 0 Å². The number of piperidine rings is 1. The quantitative estimate of drug-likeness (QED) is 0.165. The second-order valence-electron chi connectivity index (χ2n) is 10.2. The smallest absolute Gasteiger partial charge is 0.130 e. The second kappa shape index (κ2) is 10.9. The Kier molecular flexibility index (Phi) is 7.12. The van der Waals surface area contributed by atoms with Crippen LogP contribution in [0.3, 0.4) is 0 Å². The highest BCUT2D eigenvalue weighted by molar-refractivity contribution is 7.18. The molecule has 0 aliphatic carbocycles. The number of halogens is 2. The Morgan fingerprint density at radius 2 is 2.00 bits per heavy atom. The van der Waals surface area contributed by atoms with E-state index in [-0.39, 0.29) is 18.0 Å². The number of aryl methyl sites for hydroxylation is 1. The van der Waals surface area contributed by atoms with Gasteiger partial charge in [-0.15, -0.1) is 16.5 Å². The molecule has 0 spiro atoms. The maximum atomic E-state index is 14.2. The third-order valence-corrected chi connectivity index (χ3v) is 8.35. The molecule has 3 heterocycles. The van der Waals surface area contributed by atoms with Crippen LogP contribution >= 0.6 is 11.3 Å². The van der Waals surface area contributed by atoms with E-state index in [0.29, 0.717) is 12.2 Å². The molecule has 2 aromatic heterocycles. The molecule has 40 heavy (non-hydrogen) atoms. The van der Waals surface area contributed by atoms with Crippen LogP contribution in [0.25, 0.3) is 32.4 Å². The van der Waals surface area contributed by atoms with Gasteiger partial charge in [0.05, 0.1) is 32.1 Å². The molecule has 0 radical (unpaired) electrons. The number of rotatable bonds is 7. The third kappa shape index (κ3) is 5.24. The second-order valence-corrected chi connectivity index (χ2v) is 11.4. The minimum absolute atomic E-state index is 0.0639. The summed E-state index contributed by atoms with van der Waals surface area (Å²) in [5.41, 5.74) is 5.44. The van der Waals surface area contributed by atoms with E-state index >= 15 is 0 Å². The van der Waals surface area contributed by atoms with Crippen LogP contribution in [0.2, 0.25) is 0 Å². The van der Waals surface area contributed by atoms with E-state index in [2.05, 4.69) is 43.1 Å². The van der Waals surface area contributed by atoms with Gasteiger partial charge in [-0.1, -0.05) is 23.9 Å². The first-order valence-electron chi connectivity index (χ1n) is 13.2. The van der Waals surface area contributed by atoms with Crippen molar-refractivity contribution in [2.75, 3.05) is 25.1 Å². The van der Waals surface area contributed by atoms with E-state index in [0.717, 1.165) is 62.5 Å². The van der Waals surface area contributed by atoms with Crippen LogP contribution in [-0.4, -0.2) is 40.2 Å². The lowest BCUT2D eigenvalue weighted by atomic mass is 9.95. The monoisotopic (exact) mass is 557 g/mol. The molecule has 1 atom stereocenters. The molecule has 1 aliphatic heterocycles. The fourth-order valence-corrected chi connectivity index (χ4v) is 6.11. The zero-order valence-corrected chi connectivity index (χ0v) is 23.2. The zero-order valence-electron chi connectivity index (χ0n) is 22.4. The average Bonchev–Trinajstić information content (AvgIpc) is 3.55. The Morgan fingerprint density at radius 3 is 2.83 bits per heavy atom. The lowest BCUT2D eigenvalue weighted by molar-refractivity contribution is 0.179. The number of nitrogens with zero attached hydrogens (tertiary/aromatic N) is 6. The summed E-state index contributed by atoms with van der Waals surface area (Å²) < 4.78 is 29.5. The van der Waals surface area contributed by atoms with Crippen LogP contribution in [-0.2, 0) is 6.54 Å². The topological polar surface area (TPSA) is 72.8 Å². The Hall–Kier alpha value is -4.02. The van der Waals surface area contributed by atoms with Crippen molar-refractivity contribution in [2.45, 2.75) is 26.3 Å². The highest BCUT2D eigenvalue weighted by Gasteiger charge is 2.24. The summed E-state index contributed by atoms with van der Waals surface area (Å²) in [6, 6.07) is 16.2. The van der Waals surface area contributed by atoms with Crippen molar-refractivity contribution in [3.8, 4) is 11.3 Å². The van der Waals surface area contributed by atoms with Gasteiger partial charge in [0.15, 0.2) is 0 Å². The lowest BCUT2D eigenvalue weighted by Crippen LogP contribution is -2.35. The van der Waals surface area contributed by atoms with Crippen molar-refractivity contribution >= 4 is 38.1 Å². The van der Waals surface area contributed by atoms with Crippen molar-refractivity contribution < 1.29 is 8.78 Å². The molecule has 7 nitrogen and oxygen atoms in total. The van der Waals surface area contributed by atoms with E-state index in [4.69, 9.17) is 0 Å². The fourth-order valence-electron chi connectivity index (χ4n) is 5.25. The molecular weight excluding hydrogens is 528 g/mol. The molecule has 3 aromatic carbocycles. The van der Waals surface area contributed by atoms with Gasteiger partial charge >= 0.3 is 0 Å². The van der Waals surface area contributed by atoms with Crippen LogP contribution in [0.4, 0.5) is 14.5 Å². The number of thiazole rings is 1. The van der Waals surface area contributed by atoms with Crippen LogP contribution < -0.4 is 5.01 Å². The molecule has 0 bridgehead atoms. The fraction of sp³-hybridized carbons (Fsp3) is 0.267. The van der Waals surface area contributed by atoms with Gasteiger partial charge in [0.1, 0.15) is 17.3 Å². The predicted octanol–water partition coefficient (Wildman–Crippen LogP) is 7.66. The average molecular weight is 558 g/mol. The number of H-pyrrole nitrogens is 1. The summed E-state index contributed by atoms with van der Waals surface area (Å²) in [6.45, 7) is 7.80. The molecule has 204 valence electrons. The Bertz CT molecular complexity index is 1720. The number of likely N-dealkylation sites (tertiary alicyclic amines) is 1. The van der Waals surface area contributed by atoms with Gasteiger partial charge in [0, 0.05) is 42.6 Å². The summed E-state index contributed by atoms with van der Waals surface area (Å²) in [5.74, 6) is -0.965. The first kappa shape index (κ1) is 26.2. The van der Waals surface area contributed by atoms with E-state index in [1.54, 1.807) is 16.3 Å². The largest absolute Gasteiger partial charge is 0.298 e. The molecule has 0 saturated carbocycles. The Balaban J connectivity index is 1.16. The van der Waals surface area contributed by atoms with Gasteiger partial charge in [-0.05, 0) is 68.8 Å². The van der Waals surface area contributed by atoms with Crippen LogP contribution in [0.5, 0.6) is 0 Å². The highest BCUT2D eigenvalue weighted by atomic mass is 32.1. The summed E-state index contributed by atoms with van der Waals surface area (Å²) >= 11 is 1.67. The van der Waals surface area contributed by atoms with Crippen molar-refractivity contribution in [1.82, 2.24) is 20.1 Å². The Morgan fingerprint density at radius 1 is 1.18 bits per heavy atom. The molecule has 6 rings (SSSR count). The van der Waals surface area contributed by atoms with Crippen LogP contribution in [0, 0.1) is 24.5 Å². The molecule has 1 fully saturated rings. The summed E-state index contributed by atoms with van der Waals surface area (Å²) in [7, 11) is 1.85. The lowest BCUT2D eigenvalue weighted by Gasteiger charge is -2.32. The molecule has 1 saturated heterocycles. The summed E-state index contributed by atoms with van der Waals surface area (Å²) in [4.78, 5) is 6.61. The summed E-state index contributed by atoms with van der Waals surface area (Å²) in [5, 5.41) is 20.3. The predicted molar refractivity (Wildman–Crippen MR) is 156 cm³/mol. The number of nitrogens with one attached hydrogen (secondary N) is 1. The first-order chi connectivity index (χ1) is 19.4. The van der Waals surface area contributed by atoms with Gasteiger partial charge in [-0.2, -0.15) is 5.10 Å². The van der Waals surface area contributed by atoms with E-state index < -0.39 is 11.6 Å². The number of hydrogen-bond acceptors (Lipinski definition) is 6. The number of aromatic amines is 1. The minimum atomic E-state index is -0.515. The van der Waals surface area contributed by atoms with Gasteiger partial charge in [0.25, 0.3) is 0 Å². The number of anilines is 1. The number of fused-ring (bicyclic) bond motifs is 2. The van der Waals surface area contributed by atoms with E-state index in [9.17, 15) is 8.78 Å². The van der Waals surface area contributed by atoms with Gasteiger partial charge < -0.3 is 0 Å². The van der Waals surface area contributed by atoms with Crippen molar-refractivity contribution in [3.05, 3.63) is 89.1 Å². The minimum Gasteiger partial charge on any atom is -0.298 e. The molecular formula is C30H29F2N7S. The molecule has 1 aliphatic rings. The number of aromatic nitrogens is 3. The van der Waals surface area contributed by atoms with Gasteiger partial charge in [0.2, 0.25) is 0 Å². The molecule has 0 unspecified atom stereocenters. The van der Waals surface area contributed by atoms with Crippen LogP contribution in [0.15, 0.2) is 77.2 Å². The van der Waals surface area contributed by atoms with Gasteiger partial charge in [-0.25, -0.2) is 18.8 Å². The van der Waals surface area contributed by atoms with Gasteiger partial charge in [-0.3, -0.25) is 10.00 Å².